The van der Waals surface area contributed by atoms with Crippen molar-refractivity contribution in [1.29, 1.82) is 0 Å². The molecule has 5 nitrogen and oxygen atoms in total. The molecule has 1 aromatic heterocycles. The first kappa shape index (κ1) is 14.1. The molecule has 2 aromatic rings. The fourth-order valence-corrected chi connectivity index (χ4v) is 1.91. The van der Waals surface area contributed by atoms with E-state index < -0.39 is 0 Å². The number of hydrogen-bond donors (Lipinski definition) is 2. The Labute approximate surface area is 118 Å². The van der Waals surface area contributed by atoms with Gasteiger partial charge in [-0.05, 0) is 43.8 Å². The number of likely N-dealkylation sites (N-methyl/N-ethyl adjacent to an activating group) is 1. The van der Waals surface area contributed by atoms with Crippen molar-refractivity contribution in [2.75, 3.05) is 13.6 Å². The first-order chi connectivity index (χ1) is 9.81. The second-order valence-electron chi connectivity index (χ2n) is 4.41. The maximum absolute atomic E-state index is 12.2. The van der Waals surface area contributed by atoms with Gasteiger partial charge in [0.05, 0.1) is 12.2 Å². The third-order valence-corrected chi connectivity index (χ3v) is 2.96. The maximum atomic E-state index is 12.2. The zero-order valence-electron chi connectivity index (χ0n) is 11.5. The fraction of sp³-hybridized carbons (Fsp3) is 0.267. The molecule has 0 saturated heterocycles. The number of carbonyl (C=O) groups excluding carboxylic acids is 1. The molecule has 0 atom stereocenters. The number of aromatic nitrogens is 2. The number of carbonyl (C=O) groups is 1. The Balaban J connectivity index is 2.01. The van der Waals surface area contributed by atoms with Gasteiger partial charge in [0.2, 0.25) is 0 Å². The van der Waals surface area contributed by atoms with E-state index in [0.717, 1.165) is 24.2 Å². The average Bonchev–Trinajstić information content (AvgIpc) is 2.52. The monoisotopic (exact) mass is 270 g/mol. The topological polar surface area (TPSA) is 66.9 Å². The minimum absolute atomic E-state index is 0.0812. The number of nitrogens with one attached hydrogen (secondary N) is 2. The summed E-state index contributed by atoms with van der Waals surface area (Å²) in [5, 5.41) is 13.7. The molecular formula is C15H18N4O. The lowest BCUT2D eigenvalue weighted by Crippen LogP contribution is -2.25. The van der Waals surface area contributed by atoms with Crippen LogP contribution in [0.3, 0.4) is 0 Å². The van der Waals surface area contributed by atoms with E-state index in [2.05, 4.69) is 20.8 Å². The molecule has 0 fully saturated rings. The highest BCUT2D eigenvalue weighted by Gasteiger charge is 2.10. The lowest BCUT2D eigenvalue weighted by molar-refractivity contribution is 0.0949. The molecule has 20 heavy (non-hydrogen) atoms. The van der Waals surface area contributed by atoms with E-state index in [1.54, 1.807) is 12.3 Å². The number of nitrogens with zero attached hydrogens (tertiary/aromatic N) is 2. The zero-order valence-corrected chi connectivity index (χ0v) is 11.5. The van der Waals surface area contributed by atoms with Crippen molar-refractivity contribution in [3.63, 3.8) is 0 Å². The first-order valence-electron chi connectivity index (χ1n) is 6.58. The zero-order chi connectivity index (χ0) is 14.2. The second kappa shape index (κ2) is 7.35. The maximum Gasteiger partial charge on any atom is 0.251 e. The van der Waals surface area contributed by atoms with Gasteiger partial charge in [-0.2, -0.15) is 10.2 Å². The van der Waals surface area contributed by atoms with Crippen LogP contribution in [0.25, 0.3) is 0 Å². The van der Waals surface area contributed by atoms with Gasteiger partial charge in [0.25, 0.3) is 5.91 Å². The molecule has 5 heteroatoms. The SMILES string of the molecule is CNCCc1ccccc1C(=O)NCc1cccnn1. The van der Waals surface area contributed by atoms with E-state index in [9.17, 15) is 4.79 Å². The van der Waals surface area contributed by atoms with Gasteiger partial charge in [-0.25, -0.2) is 0 Å². The predicted octanol–water partition coefficient (Wildman–Crippen LogP) is 1.17. The number of rotatable bonds is 6. The van der Waals surface area contributed by atoms with E-state index in [1.807, 2.05) is 37.4 Å². The van der Waals surface area contributed by atoms with E-state index >= 15 is 0 Å². The van der Waals surface area contributed by atoms with Crippen LogP contribution in [0.5, 0.6) is 0 Å². The van der Waals surface area contributed by atoms with E-state index in [4.69, 9.17) is 0 Å². The van der Waals surface area contributed by atoms with Crippen molar-refractivity contribution in [1.82, 2.24) is 20.8 Å². The third-order valence-electron chi connectivity index (χ3n) is 2.96. The van der Waals surface area contributed by atoms with Crippen molar-refractivity contribution < 1.29 is 4.79 Å². The van der Waals surface area contributed by atoms with Crippen LogP contribution < -0.4 is 10.6 Å². The van der Waals surface area contributed by atoms with Gasteiger partial charge in [0.1, 0.15) is 0 Å². The molecule has 0 aliphatic rings. The molecule has 1 amide bonds. The number of hydrogen-bond acceptors (Lipinski definition) is 4. The summed E-state index contributed by atoms with van der Waals surface area (Å²) < 4.78 is 0. The normalized spacial score (nSPS) is 10.2. The fourth-order valence-electron chi connectivity index (χ4n) is 1.91. The van der Waals surface area contributed by atoms with Crippen molar-refractivity contribution >= 4 is 5.91 Å². The summed E-state index contributed by atoms with van der Waals surface area (Å²) in [5.41, 5.74) is 2.50. The van der Waals surface area contributed by atoms with Crippen LogP contribution in [0.1, 0.15) is 21.6 Å². The van der Waals surface area contributed by atoms with Gasteiger partial charge in [0, 0.05) is 11.8 Å². The van der Waals surface area contributed by atoms with Gasteiger partial charge in [-0.3, -0.25) is 4.79 Å². The molecule has 0 aliphatic heterocycles. The van der Waals surface area contributed by atoms with Crippen LogP contribution in [0.15, 0.2) is 42.6 Å². The second-order valence-corrected chi connectivity index (χ2v) is 4.41. The average molecular weight is 270 g/mol. The highest BCUT2D eigenvalue weighted by atomic mass is 16.1. The molecular weight excluding hydrogens is 252 g/mol. The summed E-state index contributed by atoms with van der Waals surface area (Å²) >= 11 is 0. The molecule has 104 valence electrons. The molecule has 2 N–H and O–H groups in total. The molecule has 0 saturated carbocycles. The summed E-state index contributed by atoms with van der Waals surface area (Å²) in [7, 11) is 1.90. The van der Waals surface area contributed by atoms with Crippen LogP contribution in [0.4, 0.5) is 0 Å². The molecule has 0 spiro atoms. The Bertz CT molecular complexity index is 557. The molecule has 0 radical (unpaired) electrons. The molecule has 1 aromatic carbocycles. The highest BCUT2D eigenvalue weighted by molar-refractivity contribution is 5.95. The van der Waals surface area contributed by atoms with Gasteiger partial charge >= 0.3 is 0 Å². The van der Waals surface area contributed by atoms with Gasteiger partial charge in [0.15, 0.2) is 0 Å². The predicted molar refractivity (Wildman–Crippen MR) is 77.3 cm³/mol. The first-order valence-corrected chi connectivity index (χ1v) is 6.58. The standard InChI is InChI=1S/C15H18N4O/c1-16-10-8-12-5-2-3-7-14(12)15(20)17-11-13-6-4-9-18-19-13/h2-7,9,16H,8,10-11H2,1H3,(H,17,20). The van der Waals surface area contributed by atoms with Crippen molar-refractivity contribution in [2.24, 2.45) is 0 Å². The Morgan fingerprint density at radius 1 is 1.20 bits per heavy atom. The molecule has 0 unspecified atom stereocenters. The van der Waals surface area contributed by atoms with Crippen LogP contribution in [0, 0.1) is 0 Å². The van der Waals surface area contributed by atoms with Gasteiger partial charge in [-0.1, -0.05) is 18.2 Å². The number of amides is 1. The smallest absolute Gasteiger partial charge is 0.251 e. The lowest BCUT2D eigenvalue weighted by Gasteiger charge is -2.09. The lowest BCUT2D eigenvalue weighted by atomic mass is 10.0. The van der Waals surface area contributed by atoms with Gasteiger partial charge < -0.3 is 10.6 Å². The van der Waals surface area contributed by atoms with Crippen molar-refractivity contribution in [3.05, 3.63) is 59.4 Å². The molecule has 2 rings (SSSR count). The summed E-state index contributed by atoms with van der Waals surface area (Å²) in [6, 6.07) is 11.3. The minimum atomic E-state index is -0.0812. The van der Waals surface area contributed by atoms with Crippen LogP contribution >= 0.6 is 0 Å². The highest BCUT2D eigenvalue weighted by Crippen LogP contribution is 2.09. The minimum Gasteiger partial charge on any atom is -0.346 e. The van der Waals surface area contributed by atoms with Gasteiger partial charge in [-0.15, -0.1) is 0 Å². The van der Waals surface area contributed by atoms with E-state index in [1.165, 1.54) is 0 Å². The quantitative estimate of drug-likeness (QED) is 0.827. The van der Waals surface area contributed by atoms with E-state index in [0.29, 0.717) is 12.1 Å². The summed E-state index contributed by atoms with van der Waals surface area (Å²) in [6.07, 6.45) is 2.43. The Morgan fingerprint density at radius 2 is 2.05 bits per heavy atom. The summed E-state index contributed by atoms with van der Waals surface area (Å²) in [4.78, 5) is 12.2. The number of benzene rings is 1. The van der Waals surface area contributed by atoms with Crippen molar-refractivity contribution in [2.45, 2.75) is 13.0 Å². The summed E-state index contributed by atoms with van der Waals surface area (Å²) in [6.45, 7) is 1.22. The largest absolute Gasteiger partial charge is 0.346 e. The van der Waals surface area contributed by atoms with Crippen LogP contribution in [-0.4, -0.2) is 29.7 Å². The molecule has 0 aliphatic carbocycles. The Morgan fingerprint density at radius 3 is 2.80 bits per heavy atom. The summed E-state index contributed by atoms with van der Waals surface area (Å²) in [5.74, 6) is -0.0812. The van der Waals surface area contributed by atoms with Crippen LogP contribution in [-0.2, 0) is 13.0 Å². The molecule has 1 heterocycles. The Hall–Kier alpha value is -2.27. The van der Waals surface area contributed by atoms with Crippen molar-refractivity contribution in [3.8, 4) is 0 Å². The third kappa shape index (κ3) is 3.86. The van der Waals surface area contributed by atoms with Crippen LogP contribution in [0.2, 0.25) is 0 Å². The Kier molecular flexibility index (Phi) is 5.20. The van der Waals surface area contributed by atoms with E-state index in [-0.39, 0.29) is 5.91 Å². The molecule has 0 bridgehead atoms.